The first-order valence-corrected chi connectivity index (χ1v) is 8.36. The molecule has 1 aromatic carbocycles. The molecular weight excluding hydrogens is 364 g/mol. The highest BCUT2D eigenvalue weighted by molar-refractivity contribution is 7.20. The molecule has 3 rings (SSSR count). The number of fused-ring (bicyclic) bond motifs is 1. The molecule has 0 aliphatic rings. The Bertz CT molecular complexity index is 1070. The van der Waals surface area contributed by atoms with Crippen molar-refractivity contribution < 1.29 is 14.6 Å². The van der Waals surface area contributed by atoms with Crippen molar-refractivity contribution in [3.63, 3.8) is 0 Å². The van der Waals surface area contributed by atoms with Crippen molar-refractivity contribution in [2.45, 2.75) is 6.92 Å². The lowest BCUT2D eigenvalue weighted by Gasteiger charge is -2.02. The third-order valence-electron chi connectivity index (χ3n) is 3.60. The number of aromatic amines is 1. The molecule has 0 atom stereocenters. The molecule has 6 nitrogen and oxygen atoms in total. The first-order valence-electron chi connectivity index (χ1n) is 7.17. The van der Waals surface area contributed by atoms with E-state index in [4.69, 9.17) is 16.3 Å². The zero-order valence-electron chi connectivity index (χ0n) is 13.3. The Kier molecular flexibility index (Phi) is 4.61. The van der Waals surface area contributed by atoms with Gasteiger partial charge < -0.3 is 19.6 Å². The summed E-state index contributed by atoms with van der Waals surface area (Å²) in [6.07, 6.45) is 1.63. The molecule has 128 valence electrons. The van der Waals surface area contributed by atoms with E-state index >= 15 is 0 Å². The van der Waals surface area contributed by atoms with Crippen molar-refractivity contribution in [3.05, 3.63) is 56.4 Å². The lowest BCUT2D eigenvalue weighted by molar-refractivity contribution is -0.254. The number of hydrogen-bond acceptors (Lipinski definition) is 6. The standard InChI is InChI=1S/C17H13ClN2O4S/c1-8-12-15(21)19-14(20-16(12)25-13(8)17(22)23)11(18)7-9-4-3-5-10(6-9)24-2/h3-7H,1-2H3,(H,22,23)(H,19,20,21)/p-1/b11-7-. The molecule has 0 amide bonds. The summed E-state index contributed by atoms with van der Waals surface area (Å²) in [7, 11) is 1.56. The van der Waals surface area contributed by atoms with E-state index in [1.54, 1.807) is 32.2 Å². The highest BCUT2D eigenvalue weighted by atomic mass is 35.5. The monoisotopic (exact) mass is 375 g/mol. The molecule has 3 aromatic rings. The zero-order chi connectivity index (χ0) is 18.1. The first kappa shape index (κ1) is 17.2. The number of nitrogens with one attached hydrogen (secondary N) is 1. The number of thiophene rings is 1. The number of halogens is 1. The molecule has 0 saturated carbocycles. The largest absolute Gasteiger partial charge is 0.544 e. The minimum atomic E-state index is -1.33. The maximum atomic E-state index is 12.3. The topological polar surface area (TPSA) is 95.1 Å². The van der Waals surface area contributed by atoms with Crippen LogP contribution in [0.1, 0.15) is 26.6 Å². The van der Waals surface area contributed by atoms with Gasteiger partial charge in [-0.1, -0.05) is 23.7 Å². The van der Waals surface area contributed by atoms with Crippen molar-refractivity contribution in [2.24, 2.45) is 0 Å². The van der Waals surface area contributed by atoms with Crippen LogP contribution in [0.3, 0.4) is 0 Å². The minimum Gasteiger partial charge on any atom is -0.544 e. The van der Waals surface area contributed by atoms with Gasteiger partial charge in [-0.3, -0.25) is 4.79 Å². The molecule has 25 heavy (non-hydrogen) atoms. The number of carboxylic acid groups (broad SMARTS) is 1. The molecule has 0 radical (unpaired) electrons. The van der Waals surface area contributed by atoms with Crippen LogP contribution in [-0.2, 0) is 0 Å². The number of benzene rings is 1. The van der Waals surface area contributed by atoms with Crippen LogP contribution in [0.4, 0.5) is 0 Å². The van der Waals surface area contributed by atoms with Crippen molar-refractivity contribution in [3.8, 4) is 5.75 Å². The van der Waals surface area contributed by atoms with E-state index in [-0.39, 0.29) is 21.1 Å². The van der Waals surface area contributed by atoms with Gasteiger partial charge in [0.1, 0.15) is 10.6 Å². The normalized spacial score (nSPS) is 11.7. The highest BCUT2D eigenvalue weighted by Gasteiger charge is 2.15. The summed E-state index contributed by atoms with van der Waals surface area (Å²) in [5, 5.41) is 11.6. The van der Waals surface area contributed by atoms with E-state index in [1.807, 2.05) is 12.1 Å². The van der Waals surface area contributed by atoms with Gasteiger partial charge in [-0.05, 0) is 36.3 Å². The average molecular weight is 376 g/mol. The summed E-state index contributed by atoms with van der Waals surface area (Å²) in [6.45, 7) is 1.55. The zero-order valence-corrected chi connectivity index (χ0v) is 14.8. The molecule has 2 aromatic heterocycles. The number of methoxy groups -OCH3 is 1. The number of aromatic carboxylic acids is 1. The van der Waals surface area contributed by atoms with Crippen LogP contribution in [0.15, 0.2) is 29.1 Å². The van der Waals surface area contributed by atoms with Gasteiger partial charge in [0.2, 0.25) is 0 Å². The number of carbonyl (C=O) groups excluding carboxylic acids is 1. The SMILES string of the molecule is COc1cccc(/C=C(\Cl)c2nc3sc(C(=O)[O-])c(C)c3c(=O)[nH]2)c1. The number of rotatable bonds is 4. The Morgan fingerprint density at radius 3 is 2.88 bits per heavy atom. The van der Waals surface area contributed by atoms with Gasteiger partial charge in [0.05, 0.1) is 28.4 Å². The molecular formula is C17H12ClN2O4S-. The summed E-state index contributed by atoms with van der Waals surface area (Å²) in [4.78, 5) is 30.6. The number of H-pyrrole nitrogens is 1. The lowest BCUT2D eigenvalue weighted by Crippen LogP contribution is -2.21. The van der Waals surface area contributed by atoms with Crippen LogP contribution in [0.5, 0.6) is 5.75 Å². The molecule has 0 saturated heterocycles. The Labute approximate surface area is 151 Å². The number of aromatic nitrogens is 2. The fourth-order valence-corrected chi connectivity index (χ4v) is 3.63. The third kappa shape index (κ3) is 3.29. The highest BCUT2D eigenvalue weighted by Crippen LogP contribution is 2.28. The van der Waals surface area contributed by atoms with Gasteiger partial charge >= 0.3 is 0 Å². The van der Waals surface area contributed by atoms with Crippen molar-refractivity contribution >= 4 is 50.2 Å². The molecule has 1 N–H and O–H groups in total. The van der Waals surface area contributed by atoms with Gasteiger partial charge in [0.15, 0.2) is 5.82 Å². The van der Waals surface area contributed by atoms with E-state index in [2.05, 4.69) is 9.97 Å². The molecule has 8 heteroatoms. The molecule has 0 fully saturated rings. The number of nitrogens with zero attached hydrogens (tertiary/aromatic N) is 1. The van der Waals surface area contributed by atoms with Gasteiger partial charge in [0, 0.05) is 0 Å². The van der Waals surface area contributed by atoms with Gasteiger partial charge in [-0.25, -0.2) is 4.98 Å². The van der Waals surface area contributed by atoms with E-state index in [1.165, 1.54) is 0 Å². The molecule has 0 bridgehead atoms. The molecule has 0 unspecified atom stereocenters. The number of ether oxygens (including phenoxy) is 1. The van der Waals surface area contributed by atoms with E-state index in [9.17, 15) is 14.7 Å². The van der Waals surface area contributed by atoms with Gasteiger partial charge in [0.25, 0.3) is 5.56 Å². The van der Waals surface area contributed by atoms with Crippen LogP contribution in [0.2, 0.25) is 0 Å². The summed E-state index contributed by atoms with van der Waals surface area (Å²) >= 11 is 7.17. The van der Waals surface area contributed by atoms with Crippen LogP contribution in [0, 0.1) is 6.92 Å². The summed E-state index contributed by atoms with van der Waals surface area (Å²) in [6, 6.07) is 7.21. The Morgan fingerprint density at radius 1 is 1.44 bits per heavy atom. The fourth-order valence-electron chi connectivity index (χ4n) is 2.40. The lowest BCUT2D eigenvalue weighted by atomic mass is 10.2. The molecule has 0 aliphatic carbocycles. The van der Waals surface area contributed by atoms with Crippen molar-refractivity contribution in [1.29, 1.82) is 0 Å². The number of aryl methyl sites for hydroxylation is 1. The van der Waals surface area contributed by atoms with Crippen molar-refractivity contribution in [1.82, 2.24) is 9.97 Å². The van der Waals surface area contributed by atoms with Crippen LogP contribution in [-0.4, -0.2) is 23.0 Å². The second-order valence-electron chi connectivity index (χ2n) is 5.21. The maximum absolute atomic E-state index is 12.3. The average Bonchev–Trinajstić information content (AvgIpc) is 2.92. The molecule has 0 spiro atoms. The summed E-state index contributed by atoms with van der Waals surface area (Å²) < 4.78 is 5.15. The predicted molar refractivity (Wildman–Crippen MR) is 96.0 cm³/mol. The number of carboxylic acids is 1. The quantitative estimate of drug-likeness (QED) is 0.755. The summed E-state index contributed by atoms with van der Waals surface area (Å²) in [5.74, 6) is -0.504. The second-order valence-corrected chi connectivity index (χ2v) is 6.61. The van der Waals surface area contributed by atoms with Crippen molar-refractivity contribution in [2.75, 3.05) is 7.11 Å². The Balaban J connectivity index is 2.10. The molecule has 2 heterocycles. The maximum Gasteiger partial charge on any atom is 0.260 e. The fraction of sp³-hybridized carbons (Fsp3) is 0.118. The minimum absolute atomic E-state index is 0.0157. The predicted octanol–water partition coefficient (Wildman–Crippen LogP) is 2.40. The van der Waals surface area contributed by atoms with Gasteiger partial charge in [-0.15, -0.1) is 11.3 Å². The smallest absolute Gasteiger partial charge is 0.260 e. The second kappa shape index (κ2) is 6.70. The van der Waals surface area contributed by atoms with Gasteiger partial charge in [-0.2, -0.15) is 0 Å². The first-order chi connectivity index (χ1) is 11.9. The Morgan fingerprint density at radius 2 is 2.20 bits per heavy atom. The number of hydrogen-bond donors (Lipinski definition) is 1. The molecule has 0 aliphatic heterocycles. The Hall–Kier alpha value is -2.64. The van der Waals surface area contributed by atoms with Crippen LogP contribution < -0.4 is 15.4 Å². The van der Waals surface area contributed by atoms with Crippen LogP contribution >= 0.6 is 22.9 Å². The van der Waals surface area contributed by atoms with Crippen LogP contribution in [0.25, 0.3) is 21.3 Å². The van der Waals surface area contributed by atoms with E-state index in [0.29, 0.717) is 16.1 Å². The third-order valence-corrected chi connectivity index (χ3v) is 5.05. The van der Waals surface area contributed by atoms with E-state index < -0.39 is 11.5 Å². The van der Waals surface area contributed by atoms with E-state index in [0.717, 1.165) is 16.9 Å². The number of carbonyl (C=O) groups is 1. The summed E-state index contributed by atoms with van der Waals surface area (Å²) in [5.41, 5.74) is 0.663.